The van der Waals surface area contributed by atoms with E-state index in [-0.39, 0.29) is 11.7 Å². The highest BCUT2D eigenvalue weighted by atomic mass is 32.2. The van der Waals surface area contributed by atoms with E-state index in [0.29, 0.717) is 12.3 Å². The average Bonchev–Trinajstić information content (AvgIpc) is 2.53. The number of carbonyl (C=O) groups is 1. The molecule has 0 heterocycles. The van der Waals surface area contributed by atoms with Crippen LogP contribution in [0.25, 0.3) is 0 Å². The van der Waals surface area contributed by atoms with Gasteiger partial charge in [0.25, 0.3) is 0 Å². The summed E-state index contributed by atoms with van der Waals surface area (Å²) in [5.74, 6) is 0.0389. The fourth-order valence-corrected chi connectivity index (χ4v) is 2.94. The number of thioether (sulfide) groups is 1. The summed E-state index contributed by atoms with van der Waals surface area (Å²) in [5.41, 5.74) is 2.40. The first kappa shape index (κ1) is 17.5. The van der Waals surface area contributed by atoms with Crippen LogP contribution in [0.3, 0.4) is 0 Å². The number of rotatable bonds is 7. The van der Waals surface area contributed by atoms with Crippen molar-refractivity contribution in [2.24, 2.45) is 0 Å². The largest absolute Gasteiger partial charge is 0.351 e. The van der Waals surface area contributed by atoms with Gasteiger partial charge in [0.2, 0.25) is 5.91 Å². The van der Waals surface area contributed by atoms with E-state index in [9.17, 15) is 9.18 Å². The van der Waals surface area contributed by atoms with Crippen molar-refractivity contribution < 1.29 is 14.1 Å². The van der Waals surface area contributed by atoms with Gasteiger partial charge in [0.05, 0.1) is 19.8 Å². The molecule has 122 valence electrons. The quantitative estimate of drug-likeness (QED) is 0.759. The lowest BCUT2D eigenvalue weighted by Crippen LogP contribution is -3.04. The van der Waals surface area contributed by atoms with Gasteiger partial charge in [0.1, 0.15) is 12.4 Å². The molecule has 2 rings (SSSR count). The van der Waals surface area contributed by atoms with Crippen LogP contribution >= 0.6 is 11.8 Å². The molecule has 0 aliphatic carbocycles. The van der Waals surface area contributed by atoms with E-state index in [1.54, 1.807) is 12.1 Å². The van der Waals surface area contributed by atoms with Gasteiger partial charge in [-0.25, -0.2) is 4.39 Å². The molecule has 0 bridgehead atoms. The van der Waals surface area contributed by atoms with Gasteiger partial charge in [-0.1, -0.05) is 24.3 Å². The molecule has 0 unspecified atom stereocenters. The maximum Gasteiger partial charge on any atom is 0.230 e. The summed E-state index contributed by atoms with van der Waals surface area (Å²) in [7, 11) is 4.21. The molecule has 0 aliphatic heterocycles. The van der Waals surface area contributed by atoms with E-state index in [1.807, 2.05) is 18.2 Å². The first-order chi connectivity index (χ1) is 11.0. The minimum atomic E-state index is -0.265. The molecule has 5 heteroatoms. The van der Waals surface area contributed by atoms with Crippen molar-refractivity contribution >= 4 is 17.7 Å². The maximum atomic E-state index is 12.8. The molecule has 2 N–H and O–H groups in total. The zero-order valence-corrected chi connectivity index (χ0v) is 14.3. The van der Waals surface area contributed by atoms with E-state index in [4.69, 9.17) is 0 Å². The summed E-state index contributed by atoms with van der Waals surface area (Å²) in [6.45, 7) is 1.46. The molecule has 3 nitrogen and oxygen atoms in total. The monoisotopic (exact) mass is 333 g/mol. The van der Waals surface area contributed by atoms with E-state index >= 15 is 0 Å². The number of benzene rings is 2. The summed E-state index contributed by atoms with van der Waals surface area (Å²) >= 11 is 1.40. The Labute approximate surface area is 140 Å². The molecule has 2 aromatic carbocycles. The number of halogens is 1. The highest BCUT2D eigenvalue weighted by Gasteiger charge is 2.07. The minimum Gasteiger partial charge on any atom is -0.351 e. The van der Waals surface area contributed by atoms with Crippen molar-refractivity contribution in [2.45, 2.75) is 18.0 Å². The van der Waals surface area contributed by atoms with Crippen LogP contribution in [-0.2, 0) is 17.9 Å². The van der Waals surface area contributed by atoms with Crippen LogP contribution < -0.4 is 10.2 Å². The Morgan fingerprint density at radius 1 is 1.09 bits per heavy atom. The molecule has 0 fully saturated rings. The van der Waals surface area contributed by atoms with E-state index in [1.165, 1.54) is 34.4 Å². The predicted molar refractivity (Wildman–Crippen MR) is 91.9 cm³/mol. The van der Waals surface area contributed by atoms with E-state index in [0.717, 1.165) is 17.0 Å². The molecule has 0 saturated carbocycles. The number of hydrogen-bond acceptors (Lipinski definition) is 2. The second-order valence-corrected chi connectivity index (χ2v) is 6.72. The van der Waals surface area contributed by atoms with Crippen molar-refractivity contribution in [3.63, 3.8) is 0 Å². The first-order valence-electron chi connectivity index (χ1n) is 7.55. The lowest BCUT2D eigenvalue weighted by Gasteiger charge is -2.13. The summed E-state index contributed by atoms with van der Waals surface area (Å²) in [6.07, 6.45) is 0. The molecule has 0 atom stereocenters. The van der Waals surface area contributed by atoms with Crippen LogP contribution in [0.1, 0.15) is 11.1 Å². The molecule has 0 radical (unpaired) electrons. The molecule has 23 heavy (non-hydrogen) atoms. The van der Waals surface area contributed by atoms with E-state index in [2.05, 4.69) is 25.5 Å². The lowest BCUT2D eigenvalue weighted by molar-refractivity contribution is -0.872. The highest BCUT2D eigenvalue weighted by molar-refractivity contribution is 8.00. The second-order valence-electron chi connectivity index (χ2n) is 5.67. The van der Waals surface area contributed by atoms with Crippen LogP contribution in [-0.4, -0.2) is 25.8 Å². The van der Waals surface area contributed by atoms with Gasteiger partial charge in [-0.05, 0) is 29.8 Å². The topological polar surface area (TPSA) is 33.5 Å². The zero-order valence-electron chi connectivity index (χ0n) is 13.4. The molecule has 0 aromatic heterocycles. The van der Waals surface area contributed by atoms with Gasteiger partial charge in [-0.15, -0.1) is 11.8 Å². The molecular formula is C18H22FN2OS+. The van der Waals surface area contributed by atoms with Crippen molar-refractivity contribution in [3.05, 3.63) is 65.5 Å². The number of carbonyl (C=O) groups excluding carboxylic acids is 1. The smallest absolute Gasteiger partial charge is 0.230 e. The summed E-state index contributed by atoms with van der Waals surface area (Å²) in [4.78, 5) is 14.2. The van der Waals surface area contributed by atoms with Crippen molar-refractivity contribution in [1.82, 2.24) is 5.32 Å². The average molecular weight is 333 g/mol. The van der Waals surface area contributed by atoms with Gasteiger partial charge in [-0.2, -0.15) is 0 Å². The Morgan fingerprint density at radius 2 is 1.74 bits per heavy atom. The third kappa shape index (κ3) is 6.04. The standard InChI is InChI=1S/C18H21FN2OS/c1-21(2)12-15-6-4-3-5-14(15)11-20-18(22)13-23-17-9-7-16(19)8-10-17/h3-10H,11-13H2,1-2H3,(H,20,22)/p+1. The van der Waals surface area contributed by atoms with Crippen LogP contribution in [0.5, 0.6) is 0 Å². The minimum absolute atomic E-state index is 0.0219. The second kappa shape index (κ2) is 8.70. The molecular weight excluding hydrogens is 311 g/mol. The fourth-order valence-electron chi connectivity index (χ4n) is 2.21. The number of nitrogens with one attached hydrogen (secondary N) is 2. The Bertz CT molecular complexity index is 644. The SMILES string of the molecule is C[NH+](C)Cc1ccccc1CNC(=O)CSc1ccc(F)cc1. The molecule has 0 aliphatic rings. The van der Waals surface area contributed by atoms with Crippen molar-refractivity contribution in [1.29, 1.82) is 0 Å². The van der Waals surface area contributed by atoms with E-state index < -0.39 is 0 Å². The highest BCUT2D eigenvalue weighted by Crippen LogP contribution is 2.17. The predicted octanol–water partition coefficient (Wildman–Crippen LogP) is 1.88. The first-order valence-corrected chi connectivity index (χ1v) is 8.54. The molecule has 2 aromatic rings. The summed E-state index contributed by atoms with van der Waals surface area (Å²) < 4.78 is 12.8. The molecule has 0 saturated heterocycles. The number of hydrogen-bond donors (Lipinski definition) is 2. The Hall–Kier alpha value is -1.85. The Morgan fingerprint density at radius 3 is 2.39 bits per heavy atom. The Balaban J connectivity index is 1.83. The third-order valence-electron chi connectivity index (χ3n) is 3.32. The molecule has 0 spiro atoms. The Kier molecular flexibility index (Phi) is 6.62. The zero-order chi connectivity index (χ0) is 16.7. The van der Waals surface area contributed by atoms with Crippen molar-refractivity contribution in [2.75, 3.05) is 19.8 Å². The van der Waals surface area contributed by atoms with Crippen molar-refractivity contribution in [3.8, 4) is 0 Å². The van der Waals surface area contributed by atoms with Crippen LogP contribution in [0.2, 0.25) is 0 Å². The van der Waals surface area contributed by atoms with Crippen LogP contribution in [0, 0.1) is 5.82 Å². The number of quaternary nitrogens is 1. The van der Waals surface area contributed by atoms with Gasteiger partial charge in [-0.3, -0.25) is 4.79 Å². The summed E-state index contributed by atoms with van der Waals surface area (Å²) in [5, 5.41) is 2.95. The van der Waals surface area contributed by atoms with Gasteiger partial charge < -0.3 is 10.2 Å². The van der Waals surface area contributed by atoms with Crippen LogP contribution in [0.15, 0.2) is 53.4 Å². The molecule has 1 amide bonds. The van der Waals surface area contributed by atoms with Gasteiger partial charge >= 0.3 is 0 Å². The summed E-state index contributed by atoms with van der Waals surface area (Å²) in [6, 6.07) is 14.3. The fraction of sp³-hybridized carbons (Fsp3) is 0.278. The number of amides is 1. The van der Waals surface area contributed by atoms with Gasteiger partial charge in [0, 0.05) is 17.0 Å². The lowest BCUT2D eigenvalue weighted by atomic mass is 10.1. The maximum absolute atomic E-state index is 12.8. The van der Waals surface area contributed by atoms with Gasteiger partial charge in [0.15, 0.2) is 0 Å². The normalized spacial score (nSPS) is 10.8. The van der Waals surface area contributed by atoms with Crippen LogP contribution in [0.4, 0.5) is 4.39 Å². The third-order valence-corrected chi connectivity index (χ3v) is 4.33.